The second-order valence-electron chi connectivity index (χ2n) is 6.59. The van der Waals surface area contributed by atoms with Gasteiger partial charge in [-0.2, -0.15) is 0 Å². The van der Waals surface area contributed by atoms with Crippen LogP contribution in [0.2, 0.25) is 0 Å². The zero-order valence-electron chi connectivity index (χ0n) is 13.2. The van der Waals surface area contributed by atoms with Gasteiger partial charge in [-0.15, -0.1) is 0 Å². The van der Waals surface area contributed by atoms with Crippen molar-refractivity contribution in [2.24, 2.45) is 0 Å². The van der Waals surface area contributed by atoms with Crippen LogP contribution < -0.4 is 5.32 Å². The van der Waals surface area contributed by atoms with E-state index in [2.05, 4.69) is 53.5 Å². The lowest BCUT2D eigenvalue weighted by atomic mass is 9.95. The minimum atomic E-state index is 0.534. The van der Waals surface area contributed by atoms with Crippen LogP contribution in [0.25, 0.3) is 0 Å². The van der Waals surface area contributed by atoms with Crippen LogP contribution in [0.1, 0.15) is 50.6 Å². The van der Waals surface area contributed by atoms with Gasteiger partial charge in [-0.05, 0) is 44.6 Å². The van der Waals surface area contributed by atoms with Crippen molar-refractivity contribution in [3.8, 4) is 0 Å². The summed E-state index contributed by atoms with van der Waals surface area (Å²) in [5.74, 6) is 0. The Balaban J connectivity index is 1.65. The third kappa shape index (κ3) is 3.96. The van der Waals surface area contributed by atoms with E-state index in [1.165, 1.54) is 44.2 Å². The molecule has 2 atom stereocenters. The maximum absolute atomic E-state index is 3.64. The van der Waals surface area contributed by atoms with Gasteiger partial charge in [0.05, 0.1) is 0 Å². The van der Waals surface area contributed by atoms with Gasteiger partial charge >= 0.3 is 0 Å². The number of nitrogens with zero attached hydrogens (tertiary/aromatic N) is 1. The molecule has 0 bridgehead atoms. The van der Waals surface area contributed by atoms with Crippen LogP contribution in [-0.2, 0) is 0 Å². The molecule has 1 aromatic carbocycles. The first kappa shape index (κ1) is 14.8. The molecular weight excluding hydrogens is 256 g/mol. The Kier molecular flexibility index (Phi) is 5.10. The van der Waals surface area contributed by atoms with Crippen LogP contribution >= 0.6 is 0 Å². The molecule has 1 aliphatic heterocycles. The van der Waals surface area contributed by atoms with E-state index in [0.29, 0.717) is 12.1 Å². The number of allylic oxidation sites excluding steroid dienone is 1. The van der Waals surface area contributed by atoms with Crippen LogP contribution in [0.15, 0.2) is 42.0 Å². The van der Waals surface area contributed by atoms with E-state index in [0.717, 1.165) is 13.1 Å². The summed E-state index contributed by atoms with van der Waals surface area (Å²) in [6, 6.07) is 12.1. The Morgan fingerprint density at radius 2 is 2.05 bits per heavy atom. The van der Waals surface area contributed by atoms with Gasteiger partial charge in [0.25, 0.3) is 0 Å². The smallest absolute Gasteiger partial charge is 0.0473 e. The Hall–Kier alpha value is -1.12. The number of nitrogens with one attached hydrogen (secondary N) is 1. The summed E-state index contributed by atoms with van der Waals surface area (Å²) in [4.78, 5) is 2.69. The molecule has 2 unspecified atom stereocenters. The van der Waals surface area contributed by atoms with Crippen molar-refractivity contribution in [3.05, 3.63) is 47.5 Å². The predicted molar refractivity (Wildman–Crippen MR) is 89.4 cm³/mol. The maximum atomic E-state index is 3.64. The summed E-state index contributed by atoms with van der Waals surface area (Å²) in [7, 11) is 0. The monoisotopic (exact) mass is 284 g/mol. The van der Waals surface area contributed by atoms with E-state index in [9.17, 15) is 0 Å². The average Bonchev–Trinajstić information content (AvgIpc) is 2.55. The van der Waals surface area contributed by atoms with E-state index in [-0.39, 0.29) is 0 Å². The molecule has 0 spiro atoms. The molecule has 1 aromatic rings. The number of benzene rings is 1. The minimum Gasteiger partial charge on any atom is -0.311 e. The molecule has 1 heterocycles. The minimum absolute atomic E-state index is 0.534. The largest absolute Gasteiger partial charge is 0.311 e. The first-order chi connectivity index (χ1) is 10.3. The summed E-state index contributed by atoms with van der Waals surface area (Å²) < 4.78 is 0. The van der Waals surface area contributed by atoms with Crippen LogP contribution in [0, 0.1) is 0 Å². The average molecular weight is 284 g/mol. The first-order valence-electron chi connectivity index (χ1n) is 8.53. The van der Waals surface area contributed by atoms with E-state index < -0.39 is 0 Å². The lowest BCUT2D eigenvalue weighted by Crippen LogP contribution is -2.51. The number of piperazine rings is 1. The fourth-order valence-corrected chi connectivity index (χ4v) is 3.66. The highest BCUT2D eigenvalue weighted by atomic mass is 15.2. The molecule has 0 aromatic heterocycles. The second kappa shape index (κ2) is 7.24. The zero-order chi connectivity index (χ0) is 14.5. The van der Waals surface area contributed by atoms with Gasteiger partial charge in [0.15, 0.2) is 0 Å². The Morgan fingerprint density at radius 1 is 1.19 bits per heavy atom. The van der Waals surface area contributed by atoms with E-state index in [4.69, 9.17) is 0 Å². The normalized spacial score (nSPS) is 27.4. The van der Waals surface area contributed by atoms with Crippen molar-refractivity contribution in [1.82, 2.24) is 10.2 Å². The standard InChI is InChI=1S/C19H28N2/c1-16-15-21(13-12-17-8-4-2-5-9-17)19(14-20-16)18-10-6-3-7-11-18/h3,6-8,10-11,16,19-20H,2,4-5,9,12-15H2,1H3. The summed E-state index contributed by atoms with van der Waals surface area (Å²) in [5.41, 5.74) is 3.15. The SMILES string of the molecule is CC1CN(CCC2=CCCCC2)C(c2ccccc2)CN1. The number of hydrogen-bond donors (Lipinski definition) is 1. The molecule has 1 saturated heterocycles. The van der Waals surface area contributed by atoms with Gasteiger partial charge in [0, 0.05) is 31.7 Å². The highest BCUT2D eigenvalue weighted by molar-refractivity contribution is 5.20. The fourth-order valence-electron chi connectivity index (χ4n) is 3.66. The third-order valence-electron chi connectivity index (χ3n) is 4.90. The molecular formula is C19H28N2. The van der Waals surface area contributed by atoms with Crippen LogP contribution in [0.3, 0.4) is 0 Å². The zero-order valence-corrected chi connectivity index (χ0v) is 13.2. The molecule has 3 rings (SSSR count). The molecule has 21 heavy (non-hydrogen) atoms. The number of rotatable bonds is 4. The van der Waals surface area contributed by atoms with Crippen molar-refractivity contribution in [3.63, 3.8) is 0 Å². The van der Waals surface area contributed by atoms with Crippen molar-refractivity contribution in [1.29, 1.82) is 0 Å². The molecule has 2 heteroatoms. The highest BCUT2D eigenvalue weighted by Crippen LogP contribution is 2.26. The summed E-state index contributed by atoms with van der Waals surface area (Å²) in [5, 5.41) is 3.64. The van der Waals surface area contributed by atoms with Gasteiger partial charge in [-0.1, -0.05) is 42.0 Å². The Labute approximate surface area is 129 Å². The van der Waals surface area contributed by atoms with E-state index in [1.54, 1.807) is 5.57 Å². The topological polar surface area (TPSA) is 15.3 Å². The molecule has 1 fully saturated rings. The summed E-state index contributed by atoms with van der Waals surface area (Å²) >= 11 is 0. The van der Waals surface area contributed by atoms with Gasteiger partial charge in [0.2, 0.25) is 0 Å². The molecule has 0 amide bonds. The van der Waals surface area contributed by atoms with Crippen molar-refractivity contribution < 1.29 is 0 Å². The van der Waals surface area contributed by atoms with Gasteiger partial charge in [-0.3, -0.25) is 4.90 Å². The maximum Gasteiger partial charge on any atom is 0.0473 e. The number of hydrogen-bond acceptors (Lipinski definition) is 2. The first-order valence-corrected chi connectivity index (χ1v) is 8.53. The Morgan fingerprint density at radius 3 is 2.81 bits per heavy atom. The van der Waals surface area contributed by atoms with Gasteiger partial charge in [0.1, 0.15) is 0 Å². The molecule has 0 saturated carbocycles. The molecule has 2 nitrogen and oxygen atoms in total. The van der Waals surface area contributed by atoms with Crippen molar-refractivity contribution in [2.45, 2.75) is 51.1 Å². The lowest BCUT2D eigenvalue weighted by Gasteiger charge is -2.40. The third-order valence-corrected chi connectivity index (χ3v) is 4.90. The molecule has 1 aliphatic carbocycles. The van der Waals surface area contributed by atoms with Crippen LogP contribution in [0.4, 0.5) is 0 Å². The van der Waals surface area contributed by atoms with Crippen molar-refractivity contribution >= 4 is 0 Å². The molecule has 1 N–H and O–H groups in total. The van der Waals surface area contributed by atoms with Crippen LogP contribution in [0.5, 0.6) is 0 Å². The summed E-state index contributed by atoms with van der Waals surface area (Å²) in [6.45, 7) is 5.74. The molecule has 0 radical (unpaired) electrons. The Bertz CT molecular complexity index is 466. The van der Waals surface area contributed by atoms with Gasteiger partial charge in [-0.25, -0.2) is 0 Å². The molecule has 2 aliphatic rings. The highest BCUT2D eigenvalue weighted by Gasteiger charge is 2.26. The van der Waals surface area contributed by atoms with E-state index in [1.807, 2.05) is 0 Å². The quantitative estimate of drug-likeness (QED) is 0.843. The lowest BCUT2D eigenvalue weighted by molar-refractivity contribution is 0.137. The second-order valence-corrected chi connectivity index (χ2v) is 6.59. The summed E-state index contributed by atoms with van der Waals surface area (Å²) in [6.07, 6.45) is 9.17. The molecule has 114 valence electrons. The van der Waals surface area contributed by atoms with E-state index >= 15 is 0 Å². The van der Waals surface area contributed by atoms with Crippen LogP contribution in [-0.4, -0.2) is 30.6 Å². The van der Waals surface area contributed by atoms with Gasteiger partial charge < -0.3 is 5.32 Å². The predicted octanol–water partition coefficient (Wildman–Crippen LogP) is 3.91. The van der Waals surface area contributed by atoms with Crippen molar-refractivity contribution in [2.75, 3.05) is 19.6 Å². The fraction of sp³-hybridized carbons (Fsp3) is 0.579.